The lowest BCUT2D eigenvalue weighted by molar-refractivity contribution is -0.213. The molecule has 0 atom stereocenters. The molecule has 128 valence electrons. The van der Waals surface area contributed by atoms with Crippen LogP contribution in [-0.4, -0.2) is 36.5 Å². The third-order valence-corrected chi connectivity index (χ3v) is 3.19. The number of benzene rings is 1. The molecule has 0 bridgehead atoms. The number of imide groups is 1. The number of ether oxygens (including phenoxy) is 1. The highest BCUT2D eigenvalue weighted by molar-refractivity contribution is 6.44. The summed E-state index contributed by atoms with van der Waals surface area (Å²) in [5.74, 6) is -1.72. The largest absolute Gasteiger partial charge is 0.356 e. The van der Waals surface area contributed by atoms with E-state index in [2.05, 4.69) is 4.99 Å². The first-order valence-corrected chi connectivity index (χ1v) is 7.48. The van der Waals surface area contributed by atoms with E-state index < -0.39 is 17.6 Å². The Morgan fingerprint density at radius 3 is 2.58 bits per heavy atom. The molecule has 0 aliphatic carbocycles. The van der Waals surface area contributed by atoms with Gasteiger partial charge in [-0.2, -0.15) is 0 Å². The van der Waals surface area contributed by atoms with E-state index in [1.807, 2.05) is 13.8 Å². The summed E-state index contributed by atoms with van der Waals surface area (Å²) >= 11 is 0. The van der Waals surface area contributed by atoms with Gasteiger partial charge in [-0.25, -0.2) is 14.2 Å². The highest BCUT2D eigenvalue weighted by atomic mass is 19.1. The molecule has 1 aromatic carbocycles. The summed E-state index contributed by atoms with van der Waals surface area (Å²) in [4.78, 5) is 33.9. The second kappa shape index (κ2) is 7.94. The average Bonchev–Trinajstić information content (AvgIpc) is 2.53. The molecular weight excluding hydrogens is 315 g/mol. The second-order valence-corrected chi connectivity index (χ2v) is 5.65. The Labute approximate surface area is 139 Å². The Kier molecular flexibility index (Phi) is 5.94. The van der Waals surface area contributed by atoms with E-state index >= 15 is 0 Å². The number of halogens is 1. The van der Waals surface area contributed by atoms with Crippen LogP contribution < -0.4 is 0 Å². The quantitative estimate of drug-likeness (QED) is 0.455. The molecule has 6 nitrogen and oxygen atoms in total. The fourth-order valence-corrected chi connectivity index (χ4v) is 2.13. The van der Waals surface area contributed by atoms with Gasteiger partial charge in [0.25, 0.3) is 5.91 Å². The van der Waals surface area contributed by atoms with Crippen LogP contribution in [0.2, 0.25) is 0 Å². The first kappa shape index (κ1) is 18.0. The topological polar surface area (TPSA) is 68.2 Å². The number of hydrogen-bond donors (Lipinski definition) is 0. The first-order chi connectivity index (χ1) is 11.4. The summed E-state index contributed by atoms with van der Waals surface area (Å²) in [6.45, 7) is 3.58. The highest BCUT2D eigenvalue weighted by Crippen LogP contribution is 2.20. The molecule has 0 aromatic heterocycles. The number of nitrogens with zero attached hydrogens (tertiary/aromatic N) is 2. The van der Waals surface area contributed by atoms with Gasteiger partial charge in [0, 0.05) is 12.7 Å². The Balaban J connectivity index is 2.44. The number of amides is 2. The molecule has 0 radical (unpaired) electrons. The number of carbonyl (C=O) groups excluding carboxylic acids is 2. The fraction of sp³-hybridized carbons (Fsp3) is 0.353. The predicted molar refractivity (Wildman–Crippen MR) is 86.1 cm³/mol. The van der Waals surface area contributed by atoms with Crippen molar-refractivity contribution in [1.29, 1.82) is 0 Å². The molecule has 0 saturated carbocycles. The van der Waals surface area contributed by atoms with E-state index in [0.717, 1.165) is 0 Å². The molecule has 2 rings (SSSR count). The van der Waals surface area contributed by atoms with E-state index in [9.17, 15) is 14.0 Å². The third kappa shape index (κ3) is 4.12. The number of methoxy groups -OCH3 is 1. The number of hydroxylamine groups is 2. The van der Waals surface area contributed by atoms with Gasteiger partial charge in [-0.1, -0.05) is 32.0 Å². The lowest BCUT2D eigenvalue weighted by atomic mass is 10.0. The standard InChI is InChI=1S/C17H19FN2O4/c1-11(2)8-14-16(21)20(24-10-23-3)17(22)15(19-14)9-12-6-4-5-7-13(12)18/h4-7,9,11H,8,10H2,1-3H3/b15-9-. The van der Waals surface area contributed by atoms with Gasteiger partial charge in [-0.05, 0) is 24.5 Å². The van der Waals surface area contributed by atoms with Gasteiger partial charge in [0.2, 0.25) is 0 Å². The van der Waals surface area contributed by atoms with Crippen molar-refractivity contribution >= 4 is 23.6 Å². The summed E-state index contributed by atoms with van der Waals surface area (Å²) in [6.07, 6.45) is 1.67. The van der Waals surface area contributed by atoms with Crippen LogP contribution in [0.1, 0.15) is 25.8 Å². The van der Waals surface area contributed by atoms with Crippen molar-refractivity contribution in [3.05, 3.63) is 41.3 Å². The van der Waals surface area contributed by atoms with E-state index in [0.29, 0.717) is 11.5 Å². The number of rotatable bonds is 6. The summed E-state index contributed by atoms with van der Waals surface area (Å²) in [7, 11) is 1.37. The van der Waals surface area contributed by atoms with Crippen molar-refractivity contribution in [2.24, 2.45) is 10.9 Å². The minimum absolute atomic E-state index is 0.0635. The molecule has 1 heterocycles. The van der Waals surface area contributed by atoms with Crippen molar-refractivity contribution in [2.75, 3.05) is 13.9 Å². The Morgan fingerprint density at radius 2 is 1.96 bits per heavy atom. The van der Waals surface area contributed by atoms with Crippen LogP contribution >= 0.6 is 0 Å². The van der Waals surface area contributed by atoms with Gasteiger partial charge in [-0.3, -0.25) is 9.59 Å². The Bertz CT molecular complexity index is 698. The normalized spacial score (nSPS) is 17.0. The second-order valence-electron chi connectivity index (χ2n) is 5.65. The van der Waals surface area contributed by atoms with Crippen LogP contribution in [0.25, 0.3) is 6.08 Å². The van der Waals surface area contributed by atoms with Crippen LogP contribution in [0, 0.1) is 11.7 Å². The van der Waals surface area contributed by atoms with Gasteiger partial charge < -0.3 is 4.74 Å². The van der Waals surface area contributed by atoms with Crippen molar-refractivity contribution in [3.8, 4) is 0 Å². The zero-order valence-electron chi connectivity index (χ0n) is 13.8. The molecule has 0 fully saturated rings. The molecule has 1 aliphatic rings. The summed E-state index contributed by atoms with van der Waals surface area (Å²) in [5.41, 5.74) is 0.323. The predicted octanol–water partition coefficient (Wildman–Crippen LogP) is 2.56. The SMILES string of the molecule is COCON1C(=O)C(CC(C)C)=N/C(=C\c2ccccc2F)C1=O. The minimum Gasteiger partial charge on any atom is -0.356 e. The number of carbonyl (C=O) groups is 2. The summed E-state index contributed by atoms with van der Waals surface area (Å²) < 4.78 is 18.6. The molecule has 24 heavy (non-hydrogen) atoms. The van der Waals surface area contributed by atoms with Crippen LogP contribution in [-0.2, 0) is 19.2 Å². The van der Waals surface area contributed by atoms with Crippen LogP contribution in [0.15, 0.2) is 35.0 Å². The van der Waals surface area contributed by atoms with E-state index in [1.54, 1.807) is 12.1 Å². The maximum absolute atomic E-state index is 13.8. The van der Waals surface area contributed by atoms with Crippen LogP contribution in [0.3, 0.4) is 0 Å². The maximum atomic E-state index is 13.8. The van der Waals surface area contributed by atoms with Crippen LogP contribution in [0.5, 0.6) is 0 Å². The summed E-state index contributed by atoms with van der Waals surface area (Å²) in [6, 6.07) is 5.99. The zero-order chi connectivity index (χ0) is 17.7. The Hall–Kier alpha value is -2.38. The molecule has 1 aliphatic heterocycles. The third-order valence-electron chi connectivity index (χ3n) is 3.19. The molecule has 0 N–H and O–H groups in total. The van der Waals surface area contributed by atoms with Crippen molar-refractivity contribution < 1.29 is 23.6 Å². The van der Waals surface area contributed by atoms with E-state index in [4.69, 9.17) is 9.57 Å². The van der Waals surface area contributed by atoms with Gasteiger partial charge in [0.15, 0.2) is 6.79 Å². The lowest BCUT2D eigenvalue weighted by Crippen LogP contribution is -2.45. The maximum Gasteiger partial charge on any atom is 0.303 e. The average molecular weight is 334 g/mol. The molecule has 2 amide bonds. The monoisotopic (exact) mass is 334 g/mol. The Morgan fingerprint density at radius 1 is 1.25 bits per heavy atom. The van der Waals surface area contributed by atoms with Gasteiger partial charge in [0.1, 0.15) is 17.2 Å². The van der Waals surface area contributed by atoms with E-state index in [1.165, 1.54) is 25.3 Å². The van der Waals surface area contributed by atoms with Crippen molar-refractivity contribution in [1.82, 2.24) is 5.06 Å². The van der Waals surface area contributed by atoms with Crippen molar-refractivity contribution in [3.63, 3.8) is 0 Å². The number of hydrogen-bond acceptors (Lipinski definition) is 5. The van der Waals surface area contributed by atoms with Crippen molar-refractivity contribution in [2.45, 2.75) is 20.3 Å². The van der Waals surface area contributed by atoms with Gasteiger partial charge >= 0.3 is 5.91 Å². The van der Waals surface area contributed by atoms with Gasteiger partial charge in [0.05, 0.1) is 0 Å². The lowest BCUT2D eigenvalue weighted by Gasteiger charge is -2.25. The molecule has 0 spiro atoms. The molecular formula is C17H19FN2O4. The van der Waals surface area contributed by atoms with E-state index in [-0.39, 0.29) is 29.7 Å². The first-order valence-electron chi connectivity index (χ1n) is 7.48. The fourth-order valence-electron chi connectivity index (χ4n) is 2.13. The highest BCUT2D eigenvalue weighted by Gasteiger charge is 2.35. The minimum atomic E-state index is -0.757. The number of aliphatic imine (C=N–C) groups is 1. The molecule has 1 aromatic rings. The smallest absolute Gasteiger partial charge is 0.303 e. The van der Waals surface area contributed by atoms with Gasteiger partial charge in [-0.15, -0.1) is 5.06 Å². The molecule has 7 heteroatoms. The summed E-state index contributed by atoms with van der Waals surface area (Å²) in [5, 5.41) is 0.612. The van der Waals surface area contributed by atoms with Crippen LogP contribution in [0.4, 0.5) is 4.39 Å². The molecule has 0 saturated heterocycles. The molecule has 0 unspecified atom stereocenters. The zero-order valence-corrected chi connectivity index (χ0v) is 13.8.